The van der Waals surface area contributed by atoms with Gasteiger partial charge in [-0.1, -0.05) is 47.1 Å². The minimum atomic E-state index is -0.614. The zero-order chi connectivity index (χ0) is 21.7. The number of anilines is 1. The van der Waals surface area contributed by atoms with Gasteiger partial charge in [-0.3, -0.25) is 9.59 Å². The molecule has 0 aliphatic heterocycles. The summed E-state index contributed by atoms with van der Waals surface area (Å²) in [6, 6.07) is 11.5. The minimum Gasteiger partial charge on any atom is -0.484 e. The van der Waals surface area contributed by atoms with E-state index < -0.39 is 5.91 Å². The third-order valence-corrected chi connectivity index (χ3v) is 5.53. The fourth-order valence-electron chi connectivity index (χ4n) is 2.45. The Hall–Kier alpha value is -2.75. The summed E-state index contributed by atoms with van der Waals surface area (Å²) in [5, 5.41) is 12.3. The smallest absolute Gasteiger partial charge is 0.250 e. The van der Waals surface area contributed by atoms with Crippen molar-refractivity contribution in [2.75, 3.05) is 11.1 Å². The number of carbonyl (C=O) groups is 2. The monoisotopic (exact) mass is 465 g/mol. The van der Waals surface area contributed by atoms with Crippen molar-refractivity contribution in [3.8, 4) is 5.75 Å². The van der Waals surface area contributed by atoms with E-state index in [2.05, 4.69) is 15.5 Å². The number of nitrogens with zero attached hydrogens (tertiary/aromatic N) is 3. The maximum absolute atomic E-state index is 12.3. The molecule has 8 nitrogen and oxygen atoms in total. The van der Waals surface area contributed by atoms with Gasteiger partial charge in [-0.15, -0.1) is 10.2 Å². The van der Waals surface area contributed by atoms with Crippen molar-refractivity contribution < 1.29 is 14.3 Å². The van der Waals surface area contributed by atoms with Gasteiger partial charge in [0.15, 0.2) is 11.0 Å². The zero-order valence-electron chi connectivity index (χ0n) is 15.8. The molecular weight excluding hydrogens is 449 g/mol. The first-order chi connectivity index (χ1) is 14.3. The largest absolute Gasteiger partial charge is 0.484 e. The topological polar surface area (TPSA) is 112 Å². The van der Waals surface area contributed by atoms with Crippen LogP contribution >= 0.6 is 35.0 Å². The lowest BCUT2D eigenvalue weighted by Crippen LogP contribution is -2.19. The molecule has 30 heavy (non-hydrogen) atoms. The van der Waals surface area contributed by atoms with E-state index in [4.69, 9.17) is 33.7 Å². The molecule has 156 valence electrons. The molecule has 3 aromatic rings. The van der Waals surface area contributed by atoms with E-state index in [1.165, 1.54) is 11.8 Å². The van der Waals surface area contributed by atoms with Crippen molar-refractivity contribution in [3.63, 3.8) is 0 Å². The van der Waals surface area contributed by atoms with Crippen LogP contribution in [0.15, 0.2) is 47.6 Å². The third kappa shape index (κ3) is 5.44. The highest BCUT2D eigenvalue weighted by molar-refractivity contribution is 7.99. The second kappa shape index (κ2) is 9.84. The molecule has 0 radical (unpaired) electrons. The van der Waals surface area contributed by atoms with Crippen molar-refractivity contribution in [1.82, 2.24) is 14.8 Å². The lowest BCUT2D eigenvalue weighted by molar-refractivity contribution is -0.113. The van der Waals surface area contributed by atoms with Crippen molar-refractivity contribution in [2.24, 2.45) is 12.8 Å². The van der Waals surface area contributed by atoms with Crippen LogP contribution < -0.4 is 15.8 Å². The van der Waals surface area contributed by atoms with Crippen LogP contribution in [0.25, 0.3) is 0 Å². The number of aromatic nitrogens is 3. The van der Waals surface area contributed by atoms with Gasteiger partial charge in [0.05, 0.1) is 22.0 Å². The summed E-state index contributed by atoms with van der Waals surface area (Å²) in [6.45, 7) is 0.142. The van der Waals surface area contributed by atoms with Crippen LogP contribution in [-0.4, -0.2) is 32.3 Å². The molecule has 0 saturated heterocycles. The molecule has 0 bridgehead atoms. The Morgan fingerprint density at radius 1 is 1.20 bits per heavy atom. The molecule has 2 amide bonds. The molecule has 0 aliphatic rings. The number of hydrogen-bond donors (Lipinski definition) is 2. The van der Waals surface area contributed by atoms with Crippen LogP contribution in [0.1, 0.15) is 16.2 Å². The molecule has 1 heterocycles. The number of nitrogens with two attached hydrogens (primary N) is 1. The van der Waals surface area contributed by atoms with E-state index in [9.17, 15) is 9.59 Å². The minimum absolute atomic E-state index is 0.0724. The SMILES string of the molecule is Cn1c(COc2ccc(Cl)cc2Cl)nnc1SCC(=O)Nc1ccccc1C(N)=O. The van der Waals surface area contributed by atoms with Crippen LogP contribution in [0.3, 0.4) is 0 Å². The lowest BCUT2D eigenvalue weighted by atomic mass is 10.1. The van der Waals surface area contributed by atoms with E-state index in [-0.39, 0.29) is 23.8 Å². The van der Waals surface area contributed by atoms with E-state index in [0.717, 1.165) is 0 Å². The molecule has 0 spiro atoms. The van der Waals surface area contributed by atoms with Crippen LogP contribution in [-0.2, 0) is 18.4 Å². The van der Waals surface area contributed by atoms with Gasteiger partial charge in [0.25, 0.3) is 5.91 Å². The molecule has 0 unspecified atom stereocenters. The maximum Gasteiger partial charge on any atom is 0.250 e. The summed E-state index contributed by atoms with van der Waals surface area (Å²) in [5.74, 6) is 0.191. The summed E-state index contributed by atoms with van der Waals surface area (Å²) in [7, 11) is 1.77. The predicted octanol–water partition coefficient (Wildman–Crippen LogP) is 3.53. The van der Waals surface area contributed by atoms with Gasteiger partial charge >= 0.3 is 0 Å². The second-order valence-corrected chi connectivity index (χ2v) is 7.85. The number of para-hydroxylation sites is 1. The third-order valence-electron chi connectivity index (χ3n) is 3.97. The van der Waals surface area contributed by atoms with Crippen molar-refractivity contribution in [1.29, 1.82) is 0 Å². The molecule has 0 saturated carbocycles. The Bertz CT molecular complexity index is 1090. The van der Waals surface area contributed by atoms with Crippen LogP contribution in [0, 0.1) is 0 Å². The van der Waals surface area contributed by atoms with Gasteiger partial charge in [0.1, 0.15) is 12.4 Å². The number of primary amides is 1. The van der Waals surface area contributed by atoms with E-state index >= 15 is 0 Å². The highest BCUT2D eigenvalue weighted by atomic mass is 35.5. The average molecular weight is 466 g/mol. The van der Waals surface area contributed by atoms with Gasteiger partial charge in [-0.05, 0) is 30.3 Å². The normalized spacial score (nSPS) is 10.6. The van der Waals surface area contributed by atoms with Crippen molar-refractivity contribution in [3.05, 3.63) is 63.9 Å². The molecule has 3 N–H and O–H groups in total. The van der Waals surface area contributed by atoms with Crippen LogP contribution in [0.4, 0.5) is 5.69 Å². The highest BCUT2D eigenvalue weighted by Crippen LogP contribution is 2.28. The lowest BCUT2D eigenvalue weighted by Gasteiger charge is -2.09. The molecule has 0 aliphatic carbocycles. The number of hydrogen-bond acceptors (Lipinski definition) is 6. The summed E-state index contributed by atoms with van der Waals surface area (Å²) in [4.78, 5) is 23.7. The van der Waals surface area contributed by atoms with Gasteiger partial charge in [-0.2, -0.15) is 0 Å². The Kier molecular flexibility index (Phi) is 7.20. The molecule has 2 aromatic carbocycles. The Balaban J connectivity index is 1.57. The first-order valence-electron chi connectivity index (χ1n) is 8.62. The highest BCUT2D eigenvalue weighted by Gasteiger charge is 2.14. The van der Waals surface area contributed by atoms with Crippen molar-refractivity contribution in [2.45, 2.75) is 11.8 Å². The van der Waals surface area contributed by atoms with Crippen LogP contribution in [0.5, 0.6) is 5.75 Å². The number of ether oxygens (including phenoxy) is 1. The zero-order valence-corrected chi connectivity index (χ0v) is 18.1. The molecule has 0 atom stereocenters. The first kappa shape index (κ1) is 21.9. The summed E-state index contributed by atoms with van der Waals surface area (Å²) >= 11 is 13.2. The fraction of sp³-hybridized carbons (Fsp3) is 0.158. The Morgan fingerprint density at radius 3 is 2.70 bits per heavy atom. The Labute approximate surface area is 186 Å². The van der Waals surface area contributed by atoms with Gasteiger partial charge < -0.3 is 20.4 Å². The maximum atomic E-state index is 12.3. The molecule has 0 fully saturated rings. The molecule has 1 aromatic heterocycles. The number of rotatable bonds is 8. The molecule has 11 heteroatoms. The second-order valence-electron chi connectivity index (χ2n) is 6.07. The van der Waals surface area contributed by atoms with E-state index in [0.29, 0.717) is 32.5 Å². The summed E-state index contributed by atoms with van der Waals surface area (Å²) in [6.07, 6.45) is 0. The summed E-state index contributed by atoms with van der Waals surface area (Å²) < 4.78 is 7.39. The molecular formula is C19H17Cl2N5O3S. The van der Waals surface area contributed by atoms with Gasteiger partial charge in [-0.25, -0.2) is 0 Å². The number of carbonyl (C=O) groups excluding carboxylic acids is 2. The summed E-state index contributed by atoms with van der Waals surface area (Å²) in [5.41, 5.74) is 5.93. The number of thioether (sulfide) groups is 1. The Morgan fingerprint density at radius 2 is 1.97 bits per heavy atom. The van der Waals surface area contributed by atoms with Gasteiger partial charge in [0, 0.05) is 12.1 Å². The number of benzene rings is 2. The first-order valence-corrected chi connectivity index (χ1v) is 10.4. The fourth-order valence-corrected chi connectivity index (χ4v) is 3.65. The van der Waals surface area contributed by atoms with Gasteiger partial charge in [0.2, 0.25) is 5.91 Å². The quantitative estimate of drug-likeness (QED) is 0.492. The number of nitrogens with one attached hydrogen (secondary N) is 1. The number of halogens is 2. The molecule has 3 rings (SSSR count). The van der Waals surface area contributed by atoms with Crippen LogP contribution in [0.2, 0.25) is 10.0 Å². The van der Waals surface area contributed by atoms with E-state index in [1.807, 2.05) is 0 Å². The van der Waals surface area contributed by atoms with Crippen molar-refractivity contribution >= 4 is 52.5 Å². The number of amides is 2. The average Bonchev–Trinajstić information content (AvgIpc) is 3.05. The predicted molar refractivity (Wildman–Crippen MR) is 116 cm³/mol. The van der Waals surface area contributed by atoms with E-state index in [1.54, 1.807) is 54.1 Å². The standard InChI is InChI=1S/C19H17Cl2N5O3S/c1-26-16(9-29-15-7-6-11(20)8-13(15)21)24-25-19(26)30-10-17(27)23-14-5-3-2-4-12(14)18(22)28/h2-8H,9-10H2,1H3,(H2,22,28)(H,23,27).